The summed E-state index contributed by atoms with van der Waals surface area (Å²) in [6.45, 7) is 3.91. The molecule has 0 radical (unpaired) electrons. The number of para-hydroxylation sites is 1. The highest BCUT2D eigenvalue weighted by atomic mass is 32.2. The van der Waals surface area contributed by atoms with Crippen LogP contribution in [-0.4, -0.2) is 35.2 Å². The van der Waals surface area contributed by atoms with Crippen molar-refractivity contribution in [2.45, 2.75) is 43.4 Å². The number of nitrogens with one attached hydrogen (secondary N) is 2. The van der Waals surface area contributed by atoms with E-state index in [2.05, 4.69) is 10.6 Å². The number of hydrogen-bond acceptors (Lipinski definition) is 5. The molecule has 3 aromatic carbocycles. The van der Waals surface area contributed by atoms with E-state index < -0.39 is 17.6 Å². The lowest BCUT2D eigenvalue weighted by Crippen LogP contribution is -2.56. The molecule has 0 bridgehead atoms. The minimum Gasteiger partial charge on any atom is -0.352 e. The van der Waals surface area contributed by atoms with Crippen molar-refractivity contribution in [1.82, 2.24) is 10.6 Å². The van der Waals surface area contributed by atoms with Crippen LogP contribution in [-0.2, 0) is 22.7 Å². The van der Waals surface area contributed by atoms with Crippen LogP contribution in [0, 0.1) is 0 Å². The van der Waals surface area contributed by atoms with Gasteiger partial charge in [0.15, 0.2) is 0 Å². The Hall–Kier alpha value is -3.82. The van der Waals surface area contributed by atoms with Gasteiger partial charge in [-0.15, -0.1) is 11.8 Å². The number of fused-ring (bicyclic) bond motifs is 1. The average Bonchev–Trinajstić information content (AvgIpc) is 3.00. The number of thioether (sulfide) groups is 1. The lowest BCUT2D eigenvalue weighted by molar-refractivity contribution is -0.129. The second kappa shape index (κ2) is 11.1. The molecule has 4 amide bonds. The van der Waals surface area contributed by atoms with Crippen LogP contribution in [0.4, 0.5) is 10.5 Å². The van der Waals surface area contributed by atoms with Crippen LogP contribution < -0.4 is 27.0 Å². The number of urea groups is 1. The predicted molar refractivity (Wildman–Crippen MR) is 147 cm³/mol. The third-order valence-electron chi connectivity index (χ3n) is 6.09. The van der Waals surface area contributed by atoms with Crippen LogP contribution in [0.2, 0.25) is 0 Å². The lowest BCUT2D eigenvalue weighted by Gasteiger charge is -2.28. The number of anilines is 1. The molecule has 0 saturated carbocycles. The van der Waals surface area contributed by atoms with Crippen molar-refractivity contribution >= 4 is 35.3 Å². The summed E-state index contributed by atoms with van der Waals surface area (Å²) in [6, 6.07) is 22.2. The number of carbonyl (C=O) groups is 3. The SMILES string of the molecule is CC(C)(N)C(=O)N[C@@H]1CSc2ccccc2N(Cc2ccc(-c3ccccc3CNC(N)=O)cc2)C1=O. The summed E-state index contributed by atoms with van der Waals surface area (Å²) < 4.78 is 0. The fourth-order valence-electron chi connectivity index (χ4n) is 4.07. The molecule has 37 heavy (non-hydrogen) atoms. The van der Waals surface area contributed by atoms with E-state index in [1.165, 1.54) is 11.8 Å². The molecule has 0 spiro atoms. The van der Waals surface area contributed by atoms with Gasteiger partial charge in [0, 0.05) is 17.2 Å². The van der Waals surface area contributed by atoms with Crippen LogP contribution in [0.15, 0.2) is 77.7 Å². The van der Waals surface area contributed by atoms with Crippen molar-refractivity contribution < 1.29 is 14.4 Å². The molecular weight excluding hydrogens is 486 g/mol. The minimum absolute atomic E-state index is 0.179. The van der Waals surface area contributed by atoms with Gasteiger partial charge >= 0.3 is 6.03 Å². The molecule has 1 atom stereocenters. The van der Waals surface area contributed by atoms with Gasteiger partial charge in [-0.3, -0.25) is 9.59 Å². The number of amides is 4. The van der Waals surface area contributed by atoms with E-state index in [4.69, 9.17) is 11.5 Å². The second-order valence-corrected chi connectivity index (χ2v) is 10.6. The molecule has 0 saturated heterocycles. The van der Waals surface area contributed by atoms with Gasteiger partial charge in [0.05, 0.1) is 17.8 Å². The van der Waals surface area contributed by atoms with E-state index in [-0.39, 0.29) is 11.8 Å². The molecule has 1 aliphatic rings. The normalized spacial score (nSPS) is 15.5. The molecule has 0 unspecified atom stereocenters. The van der Waals surface area contributed by atoms with Gasteiger partial charge in [-0.1, -0.05) is 60.7 Å². The van der Waals surface area contributed by atoms with E-state index in [0.717, 1.165) is 32.8 Å². The molecule has 9 heteroatoms. The molecule has 1 heterocycles. The fourth-order valence-corrected chi connectivity index (χ4v) is 5.15. The van der Waals surface area contributed by atoms with E-state index in [9.17, 15) is 14.4 Å². The molecule has 1 aliphatic heterocycles. The van der Waals surface area contributed by atoms with E-state index in [1.54, 1.807) is 18.7 Å². The fraction of sp³-hybridized carbons (Fsp3) is 0.250. The third kappa shape index (κ3) is 6.31. The molecule has 6 N–H and O–H groups in total. The number of benzene rings is 3. The van der Waals surface area contributed by atoms with Gasteiger partial charge in [0.1, 0.15) is 6.04 Å². The summed E-state index contributed by atoms with van der Waals surface area (Å²) >= 11 is 1.54. The smallest absolute Gasteiger partial charge is 0.312 e. The Labute approximate surface area is 220 Å². The summed E-state index contributed by atoms with van der Waals surface area (Å²) in [5.74, 6) is -0.128. The number of rotatable bonds is 7. The van der Waals surface area contributed by atoms with Crippen LogP contribution in [0.5, 0.6) is 0 Å². The molecular formula is C28H31N5O3S. The van der Waals surface area contributed by atoms with E-state index in [1.807, 2.05) is 72.8 Å². The molecule has 192 valence electrons. The predicted octanol–water partition coefficient (Wildman–Crippen LogP) is 3.38. The highest BCUT2D eigenvalue weighted by Crippen LogP contribution is 2.35. The Morgan fingerprint density at radius 2 is 1.70 bits per heavy atom. The van der Waals surface area contributed by atoms with Crippen LogP contribution >= 0.6 is 11.8 Å². The summed E-state index contributed by atoms with van der Waals surface area (Å²) in [5, 5.41) is 5.48. The van der Waals surface area contributed by atoms with E-state index >= 15 is 0 Å². The van der Waals surface area contributed by atoms with Gasteiger partial charge in [-0.05, 0) is 48.2 Å². The molecule has 8 nitrogen and oxygen atoms in total. The van der Waals surface area contributed by atoms with Gasteiger partial charge in [0.25, 0.3) is 5.91 Å². The van der Waals surface area contributed by atoms with Crippen LogP contribution in [0.3, 0.4) is 0 Å². The standard InChI is InChI=1S/C28H31N5O3S/c1-28(2,30)26(35)32-22-17-37-24-10-6-5-9-23(24)33(25(22)34)16-18-11-13-19(14-12-18)21-8-4-3-7-20(21)15-31-27(29)36/h3-14,22H,15-17,30H2,1-2H3,(H,32,35)(H3,29,31,36)/t22-/m1/s1. The first-order valence-electron chi connectivity index (χ1n) is 12.0. The quantitative estimate of drug-likeness (QED) is 0.382. The summed E-state index contributed by atoms with van der Waals surface area (Å²) in [5.41, 5.74) is 14.8. The Morgan fingerprint density at radius 3 is 2.41 bits per heavy atom. The Kier molecular flexibility index (Phi) is 7.85. The first kappa shape index (κ1) is 26.2. The van der Waals surface area contributed by atoms with Crippen molar-refractivity contribution in [2.75, 3.05) is 10.7 Å². The number of hydrogen-bond donors (Lipinski definition) is 4. The first-order valence-corrected chi connectivity index (χ1v) is 13.0. The highest BCUT2D eigenvalue weighted by Gasteiger charge is 2.34. The van der Waals surface area contributed by atoms with E-state index in [0.29, 0.717) is 18.8 Å². The summed E-state index contributed by atoms with van der Waals surface area (Å²) in [4.78, 5) is 40.1. The first-order chi connectivity index (χ1) is 17.6. The maximum atomic E-state index is 13.6. The Bertz CT molecular complexity index is 1300. The van der Waals surface area contributed by atoms with Gasteiger partial charge in [-0.25, -0.2) is 4.79 Å². The zero-order valence-corrected chi connectivity index (χ0v) is 21.7. The molecule has 4 rings (SSSR count). The molecule has 0 aliphatic carbocycles. The molecule has 0 fully saturated rings. The zero-order valence-electron chi connectivity index (χ0n) is 20.9. The topological polar surface area (TPSA) is 131 Å². The molecule has 3 aromatic rings. The number of primary amides is 1. The maximum Gasteiger partial charge on any atom is 0.312 e. The lowest BCUT2D eigenvalue weighted by atomic mass is 9.98. The third-order valence-corrected chi connectivity index (χ3v) is 7.25. The maximum absolute atomic E-state index is 13.6. The van der Waals surface area contributed by atoms with Crippen molar-refractivity contribution in [3.63, 3.8) is 0 Å². The van der Waals surface area contributed by atoms with Crippen LogP contribution in [0.25, 0.3) is 11.1 Å². The van der Waals surface area contributed by atoms with Crippen molar-refractivity contribution in [2.24, 2.45) is 11.5 Å². The van der Waals surface area contributed by atoms with Crippen molar-refractivity contribution in [3.05, 3.63) is 83.9 Å². The number of carbonyl (C=O) groups excluding carboxylic acids is 3. The second-order valence-electron chi connectivity index (χ2n) is 9.52. The van der Waals surface area contributed by atoms with Gasteiger partial charge in [0.2, 0.25) is 5.91 Å². The highest BCUT2D eigenvalue weighted by molar-refractivity contribution is 7.99. The Morgan fingerprint density at radius 1 is 1.03 bits per heavy atom. The summed E-state index contributed by atoms with van der Waals surface area (Å²) in [6.07, 6.45) is 0. The van der Waals surface area contributed by atoms with Crippen molar-refractivity contribution in [1.29, 1.82) is 0 Å². The van der Waals surface area contributed by atoms with Crippen molar-refractivity contribution in [3.8, 4) is 11.1 Å². The number of nitrogens with zero attached hydrogens (tertiary/aromatic N) is 1. The Balaban J connectivity index is 1.59. The number of nitrogens with two attached hydrogens (primary N) is 2. The molecule has 0 aromatic heterocycles. The summed E-state index contributed by atoms with van der Waals surface area (Å²) in [7, 11) is 0. The zero-order chi connectivity index (χ0) is 26.6. The van der Waals surface area contributed by atoms with Gasteiger partial charge in [-0.2, -0.15) is 0 Å². The minimum atomic E-state index is -1.09. The van der Waals surface area contributed by atoms with Gasteiger partial charge < -0.3 is 27.0 Å². The largest absolute Gasteiger partial charge is 0.352 e. The van der Waals surface area contributed by atoms with Crippen LogP contribution in [0.1, 0.15) is 25.0 Å². The monoisotopic (exact) mass is 517 g/mol. The average molecular weight is 518 g/mol.